The first-order valence-electron chi connectivity index (χ1n) is 8.27. The van der Waals surface area contributed by atoms with Crippen molar-refractivity contribution >= 4 is 11.7 Å². The predicted octanol–water partition coefficient (Wildman–Crippen LogP) is 3.68. The van der Waals surface area contributed by atoms with Crippen LogP contribution < -0.4 is 14.8 Å². The molecule has 0 radical (unpaired) electrons. The fourth-order valence-corrected chi connectivity index (χ4v) is 3.37. The molecule has 0 spiro atoms. The van der Waals surface area contributed by atoms with Crippen molar-refractivity contribution in [3.63, 3.8) is 0 Å². The molecule has 0 saturated carbocycles. The van der Waals surface area contributed by atoms with Crippen LogP contribution in [0, 0.1) is 13.8 Å². The van der Waals surface area contributed by atoms with E-state index in [1.807, 2.05) is 18.7 Å². The number of hydrogen-bond acceptors (Lipinski definition) is 5. The van der Waals surface area contributed by atoms with Crippen molar-refractivity contribution in [2.45, 2.75) is 32.7 Å². The highest BCUT2D eigenvalue weighted by atomic mass is 16.5. The molecule has 1 saturated heterocycles. The zero-order chi connectivity index (χ0) is 18.0. The molecule has 2 aromatic rings. The number of carbonyl (C=O) groups is 1. The second-order valence-corrected chi connectivity index (χ2v) is 6.09. The molecule has 25 heavy (non-hydrogen) atoms. The van der Waals surface area contributed by atoms with Gasteiger partial charge in [0.25, 0.3) is 0 Å². The average molecular weight is 345 g/mol. The van der Waals surface area contributed by atoms with Gasteiger partial charge in [-0.05, 0) is 38.8 Å². The molecular formula is C18H23N3O4. The van der Waals surface area contributed by atoms with Crippen LogP contribution in [0.25, 0.3) is 0 Å². The standard InChI is InChI=1S/C18H23N3O4/c1-11-17(12(2)25-20-11)15-6-5-9-21(15)18(22)19-14-10-13(23-3)7-8-16(14)24-4/h7-8,10,15H,5-6,9H2,1-4H3,(H,19,22)/t15-/m1/s1. The maximum atomic E-state index is 12.9. The van der Waals surface area contributed by atoms with Crippen molar-refractivity contribution in [3.8, 4) is 11.5 Å². The summed E-state index contributed by atoms with van der Waals surface area (Å²) in [5, 5.41) is 6.96. The third-order valence-electron chi connectivity index (χ3n) is 4.58. The van der Waals surface area contributed by atoms with Gasteiger partial charge in [0.2, 0.25) is 0 Å². The molecule has 1 aliphatic rings. The summed E-state index contributed by atoms with van der Waals surface area (Å²) in [5.41, 5.74) is 2.42. The van der Waals surface area contributed by atoms with Crippen molar-refractivity contribution in [2.75, 3.05) is 26.1 Å². The minimum Gasteiger partial charge on any atom is -0.497 e. The molecule has 1 fully saturated rings. The normalized spacial score (nSPS) is 16.8. The Hall–Kier alpha value is -2.70. The second-order valence-electron chi connectivity index (χ2n) is 6.09. The number of nitrogens with one attached hydrogen (secondary N) is 1. The minimum absolute atomic E-state index is 0.0251. The molecule has 1 atom stereocenters. The van der Waals surface area contributed by atoms with E-state index in [1.54, 1.807) is 32.4 Å². The number of methoxy groups -OCH3 is 2. The van der Waals surface area contributed by atoms with Crippen LogP contribution in [-0.2, 0) is 0 Å². The number of nitrogens with zero attached hydrogens (tertiary/aromatic N) is 2. The molecular weight excluding hydrogens is 322 g/mol. The number of rotatable bonds is 4. The Balaban J connectivity index is 1.83. The van der Waals surface area contributed by atoms with Gasteiger partial charge in [0.1, 0.15) is 17.3 Å². The molecule has 1 N–H and O–H groups in total. The van der Waals surface area contributed by atoms with E-state index in [-0.39, 0.29) is 12.1 Å². The van der Waals surface area contributed by atoms with Crippen molar-refractivity contribution in [2.24, 2.45) is 0 Å². The van der Waals surface area contributed by atoms with Gasteiger partial charge in [-0.2, -0.15) is 0 Å². The van der Waals surface area contributed by atoms with Crippen LogP contribution in [0.2, 0.25) is 0 Å². The van der Waals surface area contributed by atoms with Crippen LogP contribution in [0.3, 0.4) is 0 Å². The smallest absolute Gasteiger partial charge is 0.322 e. The third kappa shape index (κ3) is 3.26. The maximum absolute atomic E-state index is 12.9. The summed E-state index contributed by atoms with van der Waals surface area (Å²) < 4.78 is 15.8. The van der Waals surface area contributed by atoms with E-state index in [4.69, 9.17) is 14.0 Å². The minimum atomic E-state index is -0.172. The number of urea groups is 1. The lowest BCUT2D eigenvalue weighted by atomic mass is 10.0. The van der Waals surface area contributed by atoms with Gasteiger partial charge in [-0.1, -0.05) is 5.16 Å². The first-order valence-corrected chi connectivity index (χ1v) is 8.27. The summed E-state index contributed by atoms with van der Waals surface area (Å²) in [6.45, 7) is 4.48. The fraction of sp³-hybridized carbons (Fsp3) is 0.444. The van der Waals surface area contributed by atoms with Gasteiger partial charge in [0, 0.05) is 18.2 Å². The predicted molar refractivity (Wildman–Crippen MR) is 93.2 cm³/mol. The van der Waals surface area contributed by atoms with Crippen LogP contribution in [-0.4, -0.2) is 36.9 Å². The van der Waals surface area contributed by atoms with E-state index in [9.17, 15) is 4.79 Å². The number of anilines is 1. The van der Waals surface area contributed by atoms with E-state index in [2.05, 4.69) is 10.5 Å². The SMILES string of the molecule is COc1ccc(OC)c(NC(=O)N2CCC[C@@H]2c2c(C)noc2C)c1. The molecule has 1 aliphatic heterocycles. The number of likely N-dealkylation sites (tertiary alicyclic amines) is 1. The van der Waals surface area contributed by atoms with Gasteiger partial charge in [-0.25, -0.2) is 4.79 Å². The number of carbonyl (C=O) groups excluding carboxylic acids is 1. The Morgan fingerprint density at radius 2 is 2.12 bits per heavy atom. The molecule has 0 aliphatic carbocycles. The monoisotopic (exact) mass is 345 g/mol. The Morgan fingerprint density at radius 1 is 1.32 bits per heavy atom. The lowest BCUT2D eigenvalue weighted by molar-refractivity contribution is 0.206. The van der Waals surface area contributed by atoms with E-state index in [0.29, 0.717) is 23.7 Å². The highest BCUT2D eigenvalue weighted by molar-refractivity contribution is 5.91. The van der Waals surface area contributed by atoms with E-state index in [0.717, 1.165) is 29.9 Å². The first-order chi connectivity index (χ1) is 12.0. The lowest BCUT2D eigenvalue weighted by Crippen LogP contribution is -2.34. The quantitative estimate of drug-likeness (QED) is 0.915. The lowest BCUT2D eigenvalue weighted by Gasteiger charge is -2.25. The Labute approximate surface area is 146 Å². The molecule has 0 unspecified atom stereocenters. The van der Waals surface area contributed by atoms with E-state index >= 15 is 0 Å². The highest BCUT2D eigenvalue weighted by Crippen LogP contribution is 2.36. The molecule has 2 amide bonds. The van der Waals surface area contributed by atoms with Crippen LogP contribution in [0.15, 0.2) is 22.7 Å². The van der Waals surface area contributed by atoms with Gasteiger partial charge >= 0.3 is 6.03 Å². The van der Waals surface area contributed by atoms with Crippen molar-refractivity contribution in [3.05, 3.63) is 35.2 Å². The number of amides is 2. The molecule has 134 valence electrons. The summed E-state index contributed by atoms with van der Waals surface area (Å²) in [7, 11) is 3.15. The van der Waals surface area contributed by atoms with Gasteiger partial charge in [-0.15, -0.1) is 0 Å². The summed E-state index contributed by atoms with van der Waals surface area (Å²) in [4.78, 5) is 14.7. The van der Waals surface area contributed by atoms with E-state index in [1.165, 1.54) is 0 Å². The number of benzene rings is 1. The summed E-state index contributed by atoms with van der Waals surface area (Å²) in [6.07, 6.45) is 1.84. The number of hydrogen-bond donors (Lipinski definition) is 1. The van der Waals surface area contributed by atoms with Crippen molar-refractivity contribution < 1.29 is 18.8 Å². The molecule has 0 bridgehead atoms. The first kappa shape index (κ1) is 17.1. The molecule has 2 heterocycles. The molecule has 1 aromatic heterocycles. The Kier molecular flexibility index (Phi) is 4.83. The summed E-state index contributed by atoms with van der Waals surface area (Å²) >= 11 is 0. The van der Waals surface area contributed by atoms with Gasteiger partial charge in [0.05, 0.1) is 31.6 Å². The molecule has 7 heteroatoms. The Morgan fingerprint density at radius 3 is 2.76 bits per heavy atom. The zero-order valence-corrected chi connectivity index (χ0v) is 15.0. The molecule has 1 aromatic carbocycles. The maximum Gasteiger partial charge on any atom is 0.322 e. The van der Waals surface area contributed by atoms with Crippen molar-refractivity contribution in [1.29, 1.82) is 0 Å². The van der Waals surface area contributed by atoms with Crippen LogP contribution >= 0.6 is 0 Å². The largest absolute Gasteiger partial charge is 0.497 e. The fourth-order valence-electron chi connectivity index (χ4n) is 3.37. The zero-order valence-electron chi connectivity index (χ0n) is 15.0. The Bertz CT molecular complexity index is 752. The molecule has 3 rings (SSSR count). The van der Waals surface area contributed by atoms with Gasteiger partial charge in [0.15, 0.2) is 0 Å². The third-order valence-corrected chi connectivity index (χ3v) is 4.58. The number of aryl methyl sites for hydroxylation is 2. The van der Waals surface area contributed by atoms with Gasteiger partial charge in [-0.3, -0.25) is 0 Å². The second kappa shape index (κ2) is 7.04. The van der Waals surface area contributed by atoms with Crippen molar-refractivity contribution in [1.82, 2.24) is 10.1 Å². The van der Waals surface area contributed by atoms with Crippen LogP contribution in [0.5, 0.6) is 11.5 Å². The summed E-state index contributed by atoms with van der Waals surface area (Å²) in [6, 6.07) is 5.11. The van der Waals surface area contributed by atoms with E-state index < -0.39 is 0 Å². The van der Waals surface area contributed by atoms with Gasteiger partial charge < -0.3 is 24.2 Å². The average Bonchev–Trinajstić information content (AvgIpc) is 3.21. The number of ether oxygens (including phenoxy) is 2. The van der Waals surface area contributed by atoms with Crippen LogP contribution in [0.4, 0.5) is 10.5 Å². The molecule has 7 nitrogen and oxygen atoms in total. The summed E-state index contributed by atoms with van der Waals surface area (Å²) in [5.74, 6) is 2.00. The van der Waals surface area contributed by atoms with Crippen LogP contribution in [0.1, 0.15) is 35.9 Å². The highest BCUT2D eigenvalue weighted by Gasteiger charge is 2.34. The topological polar surface area (TPSA) is 76.8 Å². The number of aromatic nitrogens is 1.